The molecule has 2 aromatic carbocycles. The van der Waals surface area contributed by atoms with Crippen molar-refractivity contribution in [3.05, 3.63) is 53.6 Å². The number of carbonyl (C=O) groups is 1. The highest BCUT2D eigenvalue weighted by atomic mass is 16.3. The van der Waals surface area contributed by atoms with E-state index in [1.165, 1.54) is 6.92 Å². The third kappa shape index (κ3) is 4.29. The van der Waals surface area contributed by atoms with Crippen LogP contribution in [0.3, 0.4) is 0 Å². The van der Waals surface area contributed by atoms with Crippen LogP contribution in [0.4, 0.5) is 11.4 Å². The van der Waals surface area contributed by atoms with Gasteiger partial charge >= 0.3 is 0 Å². The Balaban J connectivity index is 1.66. The van der Waals surface area contributed by atoms with Crippen LogP contribution in [-0.2, 0) is 11.2 Å². The lowest BCUT2D eigenvalue weighted by Crippen LogP contribution is -2.36. The molecule has 1 aliphatic heterocycles. The Labute approximate surface area is 147 Å². The lowest BCUT2D eigenvalue weighted by molar-refractivity contribution is -0.114. The smallest absolute Gasteiger partial charge is 0.221 e. The van der Waals surface area contributed by atoms with Gasteiger partial charge in [-0.2, -0.15) is 0 Å². The number of aryl methyl sites for hydroxylation is 1. The zero-order valence-corrected chi connectivity index (χ0v) is 14.5. The topological polar surface area (TPSA) is 85.4 Å². The first kappa shape index (κ1) is 17.3. The van der Waals surface area contributed by atoms with Crippen molar-refractivity contribution in [2.75, 3.05) is 10.6 Å². The molecule has 0 spiro atoms. The second-order valence-electron chi connectivity index (χ2n) is 6.27. The van der Waals surface area contributed by atoms with Gasteiger partial charge < -0.3 is 15.7 Å². The van der Waals surface area contributed by atoms with Gasteiger partial charge in [0.1, 0.15) is 5.75 Å². The van der Waals surface area contributed by atoms with E-state index in [9.17, 15) is 9.90 Å². The van der Waals surface area contributed by atoms with E-state index in [1.807, 2.05) is 30.3 Å². The fourth-order valence-corrected chi connectivity index (χ4v) is 3.07. The van der Waals surface area contributed by atoms with Crippen molar-refractivity contribution in [2.24, 2.45) is 0 Å². The van der Waals surface area contributed by atoms with Crippen molar-refractivity contribution >= 4 is 17.3 Å². The Morgan fingerprint density at radius 3 is 2.64 bits per heavy atom. The minimum absolute atomic E-state index is 0.0684. The molecule has 1 fully saturated rings. The Bertz CT molecular complexity index is 746. The van der Waals surface area contributed by atoms with Crippen LogP contribution in [0.2, 0.25) is 0 Å². The molecule has 0 aliphatic carbocycles. The molecule has 1 saturated heterocycles. The van der Waals surface area contributed by atoms with Gasteiger partial charge in [-0.25, -0.2) is 10.9 Å². The number of aromatic hydroxyl groups is 1. The van der Waals surface area contributed by atoms with Crippen LogP contribution in [0.1, 0.15) is 37.4 Å². The number of nitrogens with one attached hydrogen (secondary N) is 4. The number of hydrogen-bond acceptors (Lipinski definition) is 5. The highest BCUT2D eigenvalue weighted by Gasteiger charge is 2.25. The number of carbonyl (C=O) groups excluding carboxylic acids is 1. The molecule has 2 atom stereocenters. The molecule has 1 aliphatic rings. The summed E-state index contributed by atoms with van der Waals surface area (Å²) in [6, 6.07) is 13.3. The summed E-state index contributed by atoms with van der Waals surface area (Å²) in [5.41, 5.74) is 10.7. The van der Waals surface area contributed by atoms with Crippen LogP contribution in [-0.4, -0.2) is 17.2 Å². The van der Waals surface area contributed by atoms with Crippen molar-refractivity contribution in [3.8, 4) is 5.75 Å². The SMILES string of the molecule is CCc1cc(NC(C)=O)ccc1NC1CC(c2ccc(O)cc2)NN1. The van der Waals surface area contributed by atoms with Gasteiger partial charge in [-0.1, -0.05) is 19.1 Å². The van der Waals surface area contributed by atoms with Crippen LogP contribution in [0.15, 0.2) is 42.5 Å². The summed E-state index contributed by atoms with van der Waals surface area (Å²) in [5, 5.41) is 15.7. The summed E-state index contributed by atoms with van der Waals surface area (Å²) in [6.07, 6.45) is 1.84. The first-order valence-electron chi connectivity index (χ1n) is 8.52. The lowest BCUT2D eigenvalue weighted by atomic mass is 10.0. The lowest BCUT2D eigenvalue weighted by Gasteiger charge is -2.17. The van der Waals surface area contributed by atoms with Crippen LogP contribution < -0.4 is 21.5 Å². The van der Waals surface area contributed by atoms with E-state index in [2.05, 4.69) is 28.4 Å². The summed E-state index contributed by atoms with van der Waals surface area (Å²) >= 11 is 0. The largest absolute Gasteiger partial charge is 0.508 e. The first-order chi connectivity index (χ1) is 12.0. The molecule has 3 rings (SSSR count). The molecule has 1 heterocycles. The molecular weight excluding hydrogens is 316 g/mol. The van der Waals surface area contributed by atoms with Gasteiger partial charge in [0.25, 0.3) is 0 Å². The van der Waals surface area contributed by atoms with Gasteiger partial charge in [-0.3, -0.25) is 4.79 Å². The molecule has 2 aromatic rings. The predicted molar refractivity (Wildman–Crippen MR) is 99.3 cm³/mol. The molecule has 0 aromatic heterocycles. The van der Waals surface area contributed by atoms with Gasteiger partial charge in [0.15, 0.2) is 0 Å². The van der Waals surface area contributed by atoms with Crippen LogP contribution in [0.5, 0.6) is 5.75 Å². The molecular formula is C19H24N4O2. The monoisotopic (exact) mass is 340 g/mol. The minimum Gasteiger partial charge on any atom is -0.508 e. The zero-order chi connectivity index (χ0) is 17.8. The van der Waals surface area contributed by atoms with Crippen LogP contribution in [0.25, 0.3) is 0 Å². The molecule has 5 N–H and O–H groups in total. The molecule has 0 bridgehead atoms. The van der Waals surface area contributed by atoms with E-state index in [4.69, 9.17) is 0 Å². The summed E-state index contributed by atoms with van der Waals surface area (Å²) < 4.78 is 0. The molecule has 6 heteroatoms. The van der Waals surface area contributed by atoms with E-state index in [1.54, 1.807) is 12.1 Å². The second-order valence-corrected chi connectivity index (χ2v) is 6.27. The van der Waals surface area contributed by atoms with E-state index in [-0.39, 0.29) is 23.9 Å². The van der Waals surface area contributed by atoms with Gasteiger partial charge in [0, 0.05) is 30.8 Å². The number of rotatable bonds is 5. The number of benzene rings is 2. The fraction of sp³-hybridized carbons (Fsp3) is 0.316. The molecule has 6 nitrogen and oxygen atoms in total. The normalized spacial score (nSPS) is 19.6. The Morgan fingerprint density at radius 2 is 1.96 bits per heavy atom. The van der Waals surface area contributed by atoms with Crippen molar-refractivity contribution in [1.82, 2.24) is 10.9 Å². The number of anilines is 2. The minimum atomic E-state index is -0.0684. The first-order valence-corrected chi connectivity index (χ1v) is 8.52. The van der Waals surface area contributed by atoms with Gasteiger partial charge in [0.05, 0.1) is 6.17 Å². The number of phenols is 1. The van der Waals surface area contributed by atoms with Crippen LogP contribution in [0, 0.1) is 0 Å². The molecule has 0 saturated carbocycles. The highest BCUT2D eigenvalue weighted by Crippen LogP contribution is 2.27. The average Bonchev–Trinajstić information content (AvgIpc) is 3.05. The maximum Gasteiger partial charge on any atom is 0.221 e. The van der Waals surface area contributed by atoms with Gasteiger partial charge in [0.2, 0.25) is 5.91 Å². The number of amides is 1. The maximum absolute atomic E-state index is 11.2. The highest BCUT2D eigenvalue weighted by molar-refractivity contribution is 5.89. The van der Waals surface area contributed by atoms with E-state index in [0.717, 1.165) is 35.3 Å². The molecule has 0 radical (unpaired) electrons. The molecule has 2 unspecified atom stereocenters. The summed E-state index contributed by atoms with van der Waals surface area (Å²) in [7, 11) is 0. The van der Waals surface area contributed by atoms with E-state index in [0.29, 0.717) is 0 Å². The molecule has 1 amide bonds. The standard InChI is InChI=1S/C19H24N4O2/c1-3-13-10-15(20-12(2)24)6-9-17(13)21-19-11-18(22-23-19)14-4-7-16(25)8-5-14/h4-10,18-19,21-23,25H,3,11H2,1-2H3,(H,20,24). The predicted octanol–water partition coefficient (Wildman–Crippen LogP) is 2.89. The van der Waals surface area contributed by atoms with Crippen molar-refractivity contribution in [1.29, 1.82) is 0 Å². The quantitative estimate of drug-likeness (QED) is 0.578. The number of phenolic OH excluding ortho intramolecular Hbond substituents is 1. The molecule has 25 heavy (non-hydrogen) atoms. The van der Waals surface area contributed by atoms with Gasteiger partial charge in [-0.05, 0) is 47.9 Å². The summed E-state index contributed by atoms with van der Waals surface area (Å²) in [6.45, 7) is 3.60. The fourth-order valence-electron chi connectivity index (χ4n) is 3.07. The van der Waals surface area contributed by atoms with Gasteiger partial charge in [-0.15, -0.1) is 0 Å². The van der Waals surface area contributed by atoms with Crippen molar-refractivity contribution in [3.63, 3.8) is 0 Å². The Morgan fingerprint density at radius 1 is 1.20 bits per heavy atom. The second kappa shape index (κ2) is 7.55. The third-order valence-corrected chi connectivity index (χ3v) is 4.33. The number of hydrazine groups is 1. The van der Waals surface area contributed by atoms with E-state index >= 15 is 0 Å². The average molecular weight is 340 g/mol. The Kier molecular flexibility index (Phi) is 5.21. The third-order valence-electron chi connectivity index (χ3n) is 4.33. The maximum atomic E-state index is 11.2. The van der Waals surface area contributed by atoms with Crippen molar-refractivity contribution in [2.45, 2.75) is 38.9 Å². The van der Waals surface area contributed by atoms with Crippen molar-refractivity contribution < 1.29 is 9.90 Å². The Hall–Kier alpha value is -2.57. The zero-order valence-electron chi connectivity index (χ0n) is 14.5. The van der Waals surface area contributed by atoms with E-state index < -0.39 is 0 Å². The number of hydrogen-bond donors (Lipinski definition) is 5. The molecule has 132 valence electrons. The summed E-state index contributed by atoms with van der Waals surface area (Å²) in [4.78, 5) is 11.2. The summed E-state index contributed by atoms with van der Waals surface area (Å²) in [5.74, 6) is 0.206. The van der Waals surface area contributed by atoms with Crippen LogP contribution >= 0.6 is 0 Å².